The van der Waals surface area contributed by atoms with Gasteiger partial charge in [-0.2, -0.15) is 4.98 Å². The summed E-state index contributed by atoms with van der Waals surface area (Å²) in [6.07, 6.45) is 0.623. The Morgan fingerprint density at radius 2 is 2.05 bits per heavy atom. The highest BCUT2D eigenvalue weighted by atomic mass is 16.6. The Morgan fingerprint density at radius 1 is 1.21 bits per heavy atom. The van der Waals surface area contributed by atoms with Gasteiger partial charge >= 0.3 is 0 Å². The van der Waals surface area contributed by atoms with Crippen molar-refractivity contribution in [3.05, 3.63) is 23.8 Å². The van der Waals surface area contributed by atoms with E-state index in [1.807, 2.05) is 6.07 Å². The van der Waals surface area contributed by atoms with Gasteiger partial charge in [0.1, 0.15) is 0 Å². The average molecular weight is 260 g/mol. The topological polar surface area (TPSA) is 116 Å². The van der Waals surface area contributed by atoms with Gasteiger partial charge in [-0.1, -0.05) is 5.16 Å². The van der Waals surface area contributed by atoms with Crippen LogP contribution in [-0.4, -0.2) is 27.0 Å². The number of fused-ring (bicyclic) bond motifs is 1. The van der Waals surface area contributed by atoms with Crippen molar-refractivity contribution in [2.75, 3.05) is 17.6 Å². The van der Waals surface area contributed by atoms with E-state index in [9.17, 15) is 0 Å². The van der Waals surface area contributed by atoms with Crippen LogP contribution in [0.1, 0.15) is 11.7 Å². The summed E-state index contributed by atoms with van der Waals surface area (Å²) in [5.41, 5.74) is 8.28. The van der Waals surface area contributed by atoms with Gasteiger partial charge in [-0.15, -0.1) is 0 Å². The molecule has 0 aliphatic heterocycles. The van der Waals surface area contributed by atoms with Crippen LogP contribution in [0.4, 0.5) is 11.4 Å². The number of nitrogens with two attached hydrogens (primary N) is 1. The molecule has 0 unspecified atom stereocenters. The molecule has 0 aliphatic carbocycles. The van der Waals surface area contributed by atoms with Crippen LogP contribution in [-0.2, 0) is 6.42 Å². The first kappa shape index (κ1) is 11.5. The minimum Gasteiger partial charge on any atom is -0.397 e. The van der Waals surface area contributed by atoms with Gasteiger partial charge in [-0.05, 0) is 29.4 Å². The average Bonchev–Trinajstić information content (AvgIpc) is 3.02. The predicted molar refractivity (Wildman–Crippen MR) is 67.4 cm³/mol. The highest BCUT2D eigenvalue weighted by Crippen LogP contribution is 2.24. The highest BCUT2D eigenvalue weighted by molar-refractivity contribution is 5.94. The molecule has 0 bridgehead atoms. The third-order valence-electron chi connectivity index (χ3n) is 2.67. The zero-order valence-corrected chi connectivity index (χ0v) is 10.3. The lowest BCUT2D eigenvalue weighted by Crippen LogP contribution is -2.06. The number of hydrogen-bond acceptors (Lipinski definition) is 8. The lowest BCUT2D eigenvalue weighted by Gasteiger charge is -2.05. The molecule has 2 aromatic heterocycles. The van der Waals surface area contributed by atoms with Crippen molar-refractivity contribution in [1.29, 1.82) is 0 Å². The quantitative estimate of drug-likeness (QED) is 0.671. The molecular weight excluding hydrogens is 248 g/mol. The number of aromatic nitrogens is 4. The molecule has 0 radical (unpaired) electrons. The molecule has 8 nitrogen and oxygen atoms in total. The van der Waals surface area contributed by atoms with Crippen LogP contribution >= 0.6 is 0 Å². The fraction of sp³-hybridized carbons (Fsp3) is 0.273. The minimum atomic E-state index is 0.536. The number of aryl methyl sites for hydroxylation is 1. The predicted octanol–water partition coefficient (Wildman–Crippen LogP) is 1.15. The monoisotopic (exact) mass is 260 g/mol. The number of nitrogen functional groups attached to an aromatic ring is 1. The van der Waals surface area contributed by atoms with Crippen molar-refractivity contribution in [3.63, 3.8) is 0 Å². The van der Waals surface area contributed by atoms with Crippen LogP contribution < -0.4 is 11.1 Å². The molecule has 3 aromatic rings. The fourth-order valence-corrected chi connectivity index (χ4v) is 1.77. The maximum atomic E-state index is 5.77. The van der Waals surface area contributed by atoms with E-state index in [0.717, 1.165) is 5.69 Å². The van der Waals surface area contributed by atoms with Crippen LogP contribution in [0.15, 0.2) is 21.3 Å². The Morgan fingerprint density at radius 3 is 2.84 bits per heavy atom. The zero-order chi connectivity index (χ0) is 13.2. The smallest absolute Gasteiger partial charge is 0.228 e. The van der Waals surface area contributed by atoms with Crippen LogP contribution in [0.5, 0.6) is 0 Å². The standard InChI is InChI=1S/C11H12N6O2/c1-6-14-9(18-15-6)4-5-13-8-3-2-7(12)10-11(8)17-19-16-10/h2-3,13H,4-5,12H2,1H3. The first-order chi connectivity index (χ1) is 9.24. The molecule has 19 heavy (non-hydrogen) atoms. The Balaban J connectivity index is 1.72. The lowest BCUT2D eigenvalue weighted by molar-refractivity contribution is 0.315. The summed E-state index contributed by atoms with van der Waals surface area (Å²) >= 11 is 0. The van der Waals surface area contributed by atoms with E-state index in [4.69, 9.17) is 14.9 Å². The van der Waals surface area contributed by atoms with E-state index in [1.54, 1.807) is 13.0 Å². The molecular formula is C11H12N6O2. The van der Waals surface area contributed by atoms with Crippen molar-refractivity contribution in [1.82, 2.24) is 20.5 Å². The molecule has 0 spiro atoms. The first-order valence-electron chi connectivity index (χ1n) is 5.78. The minimum absolute atomic E-state index is 0.536. The number of rotatable bonds is 4. The van der Waals surface area contributed by atoms with Gasteiger partial charge in [0, 0.05) is 13.0 Å². The van der Waals surface area contributed by atoms with Crippen LogP contribution in [0.3, 0.4) is 0 Å². The van der Waals surface area contributed by atoms with Gasteiger partial charge in [-0.3, -0.25) is 0 Å². The maximum Gasteiger partial charge on any atom is 0.228 e. The van der Waals surface area contributed by atoms with Gasteiger partial charge in [0.25, 0.3) is 0 Å². The third-order valence-corrected chi connectivity index (χ3v) is 2.67. The summed E-state index contributed by atoms with van der Waals surface area (Å²) in [6.45, 7) is 2.42. The van der Waals surface area contributed by atoms with Gasteiger partial charge in [0.2, 0.25) is 5.89 Å². The van der Waals surface area contributed by atoms with Gasteiger partial charge < -0.3 is 15.6 Å². The van der Waals surface area contributed by atoms with Crippen LogP contribution in [0.25, 0.3) is 11.0 Å². The van der Waals surface area contributed by atoms with Crippen molar-refractivity contribution >= 4 is 22.4 Å². The van der Waals surface area contributed by atoms with E-state index in [-0.39, 0.29) is 0 Å². The van der Waals surface area contributed by atoms with E-state index >= 15 is 0 Å². The largest absolute Gasteiger partial charge is 0.397 e. The van der Waals surface area contributed by atoms with Gasteiger partial charge in [0.15, 0.2) is 16.9 Å². The SMILES string of the molecule is Cc1noc(CCNc2ccc(N)c3nonc23)n1. The van der Waals surface area contributed by atoms with Gasteiger partial charge in [-0.25, -0.2) is 4.63 Å². The number of benzene rings is 1. The maximum absolute atomic E-state index is 5.77. The molecule has 0 saturated carbocycles. The fourth-order valence-electron chi connectivity index (χ4n) is 1.77. The molecule has 0 saturated heterocycles. The Hall–Kier alpha value is -2.64. The third kappa shape index (κ3) is 2.19. The molecule has 1 aromatic carbocycles. The second kappa shape index (κ2) is 4.56. The summed E-state index contributed by atoms with van der Waals surface area (Å²) in [6, 6.07) is 3.59. The van der Waals surface area contributed by atoms with E-state index in [0.29, 0.717) is 41.4 Å². The number of hydrogen-bond donors (Lipinski definition) is 2. The Kier molecular flexibility index (Phi) is 2.75. The van der Waals surface area contributed by atoms with Crippen LogP contribution in [0.2, 0.25) is 0 Å². The highest BCUT2D eigenvalue weighted by Gasteiger charge is 2.10. The van der Waals surface area contributed by atoms with Gasteiger partial charge in [0.05, 0.1) is 11.4 Å². The molecule has 0 atom stereocenters. The molecule has 3 rings (SSSR count). The van der Waals surface area contributed by atoms with Crippen molar-refractivity contribution in [3.8, 4) is 0 Å². The molecule has 0 aliphatic rings. The molecule has 8 heteroatoms. The number of anilines is 2. The summed E-state index contributed by atoms with van der Waals surface area (Å²) in [5.74, 6) is 1.22. The summed E-state index contributed by atoms with van der Waals surface area (Å²) < 4.78 is 9.72. The second-order valence-corrected chi connectivity index (χ2v) is 4.08. The van der Waals surface area contributed by atoms with Crippen LogP contribution in [0, 0.1) is 6.92 Å². The van der Waals surface area contributed by atoms with E-state index < -0.39 is 0 Å². The van der Waals surface area contributed by atoms with E-state index in [1.165, 1.54) is 0 Å². The summed E-state index contributed by atoms with van der Waals surface area (Å²) in [7, 11) is 0. The lowest BCUT2D eigenvalue weighted by atomic mass is 10.2. The summed E-state index contributed by atoms with van der Waals surface area (Å²) in [4.78, 5) is 4.12. The normalized spacial score (nSPS) is 11.0. The second-order valence-electron chi connectivity index (χ2n) is 4.08. The molecule has 0 amide bonds. The van der Waals surface area contributed by atoms with Crippen molar-refractivity contribution < 1.29 is 9.15 Å². The Labute approximate surface area is 107 Å². The number of nitrogens with zero attached hydrogens (tertiary/aromatic N) is 4. The van der Waals surface area contributed by atoms with E-state index in [2.05, 4.69) is 25.8 Å². The van der Waals surface area contributed by atoms with Crippen molar-refractivity contribution in [2.45, 2.75) is 13.3 Å². The Bertz CT molecular complexity index is 704. The number of nitrogens with one attached hydrogen (secondary N) is 1. The first-order valence-corrected chi connectivity index (χ1v) is 5.78. The molecule has 0 fully saturated rings. The van der Waals surface area contributed by atoms with Crippen molar-refractivity contribution in [2.24, 2.45) is 0 Å². The summed E-state index contributed by atoms with van der Waals surface area (Å²) in [5, 5.41) is 14.5. The molecule has 2 heterocycles. The zero-order valence-electron chi connectivity index (χ0n) is 10.3. The molecule has 98 valence electrons. The molecule has 3 N–H and O–H groups in total.